The molecule has 2 aromatic heterocycles. The van der Waals surface area contributed by atoms with Gasteiger partial charge in [-0.1, -0.05) is 30.3 Å². The van der Waals surface area contributed by atoms with Crippen molar-refractivity contribution in [2.24, 2.45) is 0 Å². The summed E-state index contributed by atoms with van der Waals surface area (Å²) in [6.07, 6.45) is 0.554. The number of aliphatic hydroxyl groups excluding tert-OH is 1. The molecule has 0 saturated carbocycles. The third kappa shape index (κ3) is 2.49. The van der Waals surface area contributed by atoms with Crippen LogP contribution in [0.15, 0.2) is 43.0 Å². The van der Waals surface area contributed by atoms with Crippen molar-refractivity contribution < 1.29 is 19.4 Å². The number of carbonyl (C=O) groups is 1. The van der Waals surface area contributed by atoms with Gasteiger partial charge in [0.2, 0.25) is 0 Å². The molecule has 0 radical (unpaired) electrons. The van der Waals surface area contributed by atoms with Gasteiger partial charge in [0.25, 0.3) is 0 Å². The van der Waals surface area contributed by atoms with Crippen LogP contribution in [0.4, 0.5) is 10.6 Å². The zero-order valence-corrected chi connectivity index (χ0v) is 14.8. The van der Waals surface area contributed by atoms with E-state index in [2.05, 4.69) is 15.0 Å². The Morgan fingerprint density at radius 1 is 1.18 bits per heavy atom. The molecule has 10 nitrogen and oxygen atoms in total. The molecular weight excluding hydrogens is 364 g/mol. The number of hydrogen-bond acceptors (Lipinski definition) is 8. The molecule has 0 bridgehead atoms. The van der Waals surface area contributed by atoms with Gasteiger partial charge in [-0.15, -0.1) is 0 Å². The van der Waals surface area contributed by atoms with E-state index in [0.717, 1.165) is 5.56 Å². The van der Waals surface area contributed by atoms with Crippen LogP contribution in [-0.2, 0) is 16.0 Å². The second-order valence-corrected chi connectivity index (χ2v) is 6.78. The van der Waals surface area contributed by atoms with Gasteiger partial charge >= 0.3 is 6.09 Å². The van der Waals surface area contributed by atoms with Gasteiger partial charge in [0.05, 0.1) is 12.9 Å². The lowest BCUT2D eigenvalue weighted by molar-refractivity contribution is -0.0609. The Bertz CT molecular complexity index is 1030. The number of rotatable bonds is 4. The zero-order valence-electron chi connectivity index (χ0n) is 14.8. The van der Waals surface area contributed by atoms with Crippen LogP contribution in [0.25, 0.3) is 11.2 Å². The Morgan fingerprint density at radius 2 is 2.00 bits per heavy atom. The molecule has 2 aliphatic heterocycles. The molecule has 0 aliphatic carbocycles. The lowest BCUT2D eigenvalue weighted by Gasteiger charge is -2.23. The second-order valence-electron chi connectivity index (χ2n) is 6.78. The number of benzene rings is 1. The molecule has 2 aliphatic rings. The maximum absolute atomic E-state index is 12.6. The lowest BCUT2D eigenvalue weighted by atomic mass is 10.1. The van der Waals surface area contributed by atoms with Crippen molar-refractivity contribution >= 4 is 23.1 Å². The highest BCUT2D eigenvalue weighted by Crippen LogP contribution is 2.41. The van der Waals surface area contributed by atoms with Crippen molar-refractivity contribution in [3.8, 4) is 0 Å². The van der Waals surface area contributed by atoms with Gasteiger partial charge in [-0.25, -0.2) is 19.7 Å². The molecule has 2 saturated heterocycles. The smallest absolute Gasteiger partial charge is 0.411 e. The number of amides is 1. The van der Waals surface area contributed by atoms with Crippen molar-refractivity contribution in [3.05, 3.63) is 48.5 Å². The third-order valence-corrected chi connectivity index (χ3v) is 5.18. The van der Waals surface area contributed by atoms with Gasteiger partial charge in [0, 0.05) is 6.54 Å². The average Bonchev–Trinajstić information content (AvgIpc) is 3.37. The summed E-state index contributed by atoms with van der Waals surface area (Å²) in [7, 11) is 0. The molecule has 4 heterocycles. The average molecular weight is 382 g/mol. The highest BCUT2D eigenvalue weighted by Gasteiger charge is 2.57. The van der Waals surface area contributed by atoms with Crippen molar-refractivity contribution in [1.29, 1.82) is 0 Å². The number of nitrogens with zero attached hydrogens (tertiary/aromatic N) is 5. The number of imidazole rings is 1. The normalized spacial score (nSPS) is 26.6. The van der Waals surface area contributed by atoms with Gasteiger partial charge in [-0.3, -0.25) is 9.47 Å². The molecule has 28 heavy (non-hydrogen) atoms. The molecule has 1 amide bonds. The van der Waals surface area contributed by atoms with Crippen LogP contribution in [0, 0.1) is 0 Å². The summed E-state index contributed by atoms with van der Waals surface area (Å²) >= 11 is 0. The Morgan fingerprint density at radius 3 is 2.79 bits per heavy atom. The maximum atomic E-state index is 12.6. The Balaban J connectivity index is 1.50. The molecule has 5 rings (SSSR count). The minimum atomic E-state index is -0.675. The first-order valence-corrected chi connectivity index (χ1v) is 8.88. The van der Waals surface area contributed by atoms with E-state index in [1.54, 1.807) is 9.47 Å². The van der Waals surface area contributed by atoms with Crippen LogP contribution >= 0.6 is 0 Å². The number of ether oxygens (including phenoxy) is 2. The topological polar surface area (TPSA) is 129 Å². The highest BCUT2D eigenvalue weighted by atomic mass is 16.6. The molecule has 10 heteroatoms. The largest absolute Gasteiger partial charge is 0.439 e. The van der Waals surface area contributed by atoms with Crippen LogP contribution in [0.1, 0.15) is 11.8 Å². The number of fused-ring (bicyclic) bond motifs is 2. The minimum Gasteiger partial charge on any atom is -0.439 e. The molecule has 0 spiro atoms. The van der Waals surface area contributed by atoms with E-state index < -0.39 is 30.6 Å². The van der Waals surface area contributed by atoms with E-state index in [-0.39, 0.29) is 12.4 Å². The number of hydrogen-bond donors (Lipinski definition) is 2. The van der Waals surface area contributed by atoms with Crippen LogP contribution < -0.4 is 5.73 Å². The summed E-state index contributed by atoms with van der Waals surface area (Å²) in [4.78, 5) is 26.6. The molecule has 2 fully saturated rings. The van der Waals surface area contributed by atoms with E-state index in [4.69, 9.17) is 15.2 Å². The van der Waals surface area contributed by atoms with E-state index in [0.29, 0.717) is 17.7 Å². The Hall–Kier alpha value is -3.24. The first-order valence-electron chi connectivity index (χ1n) is 8.88. The van der Waals surface area contributed by atoms with Crippen LogP contribution in [0.5, 0.6) is 0 Å². The third-order valence-electron chi connectivity index (χ3n) is 5.18. The Labute approximate surface area is 159 Å². The highest BCUT2D eigenvalue weighted by molar-refractivity contribution is 5.81. The monoisotopic (exact) mass is 382 g/mol. The predicted octanol–water partition coefficient (Wildman–Crippen LogP) is 0.688. The number of carbonyl (C=O) groups excluding carboxylic acids is 1. The summed E-state index contributed by atoms with van der Waals surface area (Å²) < 4.78 is 13.4. The van der Waals surface area contributed by atoms with Gasteiger partial charge in [-0.2, -0.15) is 0 Å². The number of aromatic nitrogens is 4. The standard InChI is InChI=1S/C18H18N6O4/c19-15-12-16(21-8-20-15)24(9-22-12)17-14-13(11(7-25)27-17)23(18(26)28-14)6-10-4-2-1-3-5-10/h1-5,8-9,11,13-14,17,25H,6-7H2,(H2,19,20,21)/t11-,13-,14?,17-/m1/s1. The molecule has 1 aromatic carbocycles. The molecule has 1 unspecified atom stereocenters. The summed E-state index contributed by atoms with van der Waals surface area (Å²) in [5.74, 6) is 0.256. The van der Waals surface area contributed by atoms with Crippen molar-refractivity contribution in [1.82, 2.24) is 24.4 Å². The van der Waals surface area contributed by atoms with Crippen LogP contribution in [-0.4, -0.2) is 60.5 Å². The van der Waals surface area contributed by atoms with Gasteiger partial charge in [0.1, 0.15) is 24.0 Å². The predicted molar refractivity (Wildman–Crippen MR) is 96.8 cm³/mol. The minimum absolute atomic E-state index is 0.247. The first kappa shape index (κ1) is 16.9. The molecule has 4 atom stereocenters. The fraction of sp³-hybridized carbons (Fsp3) is 0.333. The molecule has 144 valence electrons. The summed E-state index contributed by atoms with van der Waals surface area (Å²) in [5, 5.41) is 9.87. The summed E-state index contributed by atoms with van der Waals surface area (Å²) in [6, 6.07) is 9.17. The SMILES string of the molecule is Nc1ncnc2c1ncn2[C@@H]1O[C@H](CO)[C@@H]2C1OC(=O)N2Cc1ccccc1. The number of nitrogens with two attached hydrogens (primary N) is 1. The van der Waals surface area contributed by atoms with Crippen LogP contribution in [0.2, 0.25) is 0 Å². The quantitative estimate of drug-likeness (QED) is 0.674. The lowest BCUT2D eigenvalue weighted by Crippen LogP contribution is -2.42. The van der Waals surface area contributed by atoms with E-state index in [9.17, 15) is 9.90 Å². The summed E-state index contributed by atoms with van der Waals surface area (Å²) in [5.41, 5.74) is 7.75. The van der Waals surface area contributed by atoms with Gasteiger partial charge in [0.15, 0.2) is 23.8 Å². The zero-order chi connectivity index (χ0) is 19.3. The molecule has 3 aromatic rings. The molecular formula is C18H18N6O4. The number of nitrogen functional groups attached to an aromatic ring is 1. The van der Waals surface area contributed by atoms with Crippen molar-refractivity contribution in [2.45, 2.75) is 31.0 Å². The number of aliphatic hydroxyl groups is 1. The number of anilines is 1. The van der Waals surface area contributed by atoms with E-state index in [1.165, 1.54) is 12.7 Å². The van der Waals surface area contributed by atoms with E-state index >= 15 is 0 Å². The van der Waals surface area contributed by atoms with Crippen LogP contribution in [0.3, 0.4) is 0 Å². The van der Waals surface area contributed by atoms with E-state index in [1.807, 2.05) is 30.3 Å². The van der Waals surface area contributed by atoms with Gasteiger partial charge < -0.3 is 20.3 Å². The fourth-order valence-electron chi connectivity index (χ4n) is 3.91. The maximum Gasteiger partial charge on any atom is 0.411 e. The summed E-state index contributed by atoms with van der Waals surface area (Å²) in [6.45, 7) is 0.122. The second kappa shape index (κ2) is 6.43. The van der Waals surface area contributed by atoms with Crippen molar-refractivity contribution in [3.63, 3.8) is 0 Å². The van der Waals surface area contributed by atoms with Crippen molar-refractivity contribution in [2.75, 3.05) is 12.3 Å². The molecule has 3 N–H and O–H groups in total. The first-order chi connectivity index (χ1) is 13.7. The fourth-order valence-corrected chi connectivity index (χ4v) is 3.91. The van der Waals surface area contributed by atoms with Gasteiger partial charge in [-0.05, 0) is 5.56 Å². The Kier molecular flexibility index (Phi) is 3.88.